The van der Waals surface area contributed by atoms with Gasteiger partial charge >= 0.3 is 0 Å². The number of piperazine rings is 1. The Morgan fingerprint density at radius 1 is 1.11 bits per heavy atom. The van der Waals surface area contributed by atoms with Gasteiger partial charge in [0.2, 0.25) is 0 Å². The van der Waals surface area contributed by atoms with Crippen LogP contribution in [0, 0.1) is 0 Å². The molecule has 106 valence electrons. The summed E-state index contributed by atoms with van der Waals surface area (Å²) in [6.45, 7) is 13.9. The smallest absolute Gasteiger partial charge is 0.0113 e. The molecule has 2 nitrogen and oxygen atoms in total. The summed E-state index contributed by atoms with van der Waals surface area (Å²) in [6.07, 6.45) is 12.7. The molecule has 0 aromatic rings. The normalized spacial score (nSPS) is 23.2. The van der Waals surface area contributed by atoms with Crippen LogP contribution in [0.15, 0.2) is 37.0 Å². The number of hydrogen-bond acceptors (Lipinski definition) is 2. The summed E-state index contributed by atoms with van der Waals surface area (Å²) < 4.78 is 0. The van der Waals surface area contributed by atoms with Gasteiger partial charge in [-0.1, -0.05) is 49.8 Å². The molecule has 0 N–H and O–H groups in total. The Bertz CT molecular complexity index is 318. The van der Waals surface area contributed by atoms with Crippen molar-refractivity contribution < 1.29 is 0 Å². The van der Waals surface area contributed by atoms with Crippen LogP contribution in [0.5, 0.6) is 0 Å². The van der Waals surface area contributed by atoms with Crippen molar-refractivity contribution >= 4 is 0 Å². The third-order valence-electron chi connectivity index (χ3n) is 4.47. The summed E-state index contributed by atoms with van der Waals surface area (Å²) in [4.78, 5) is 5.30. The van der Waals surface area contributed by atoms with Gasteiger partial charge in [0.25, 0.3) is 0 Å². The fourth-order valence-electron chi connectivity index (χ4n) is 3.21. The van der Waals surface area contributed by atoms with Crippen LogP contribution in [0.3, 0.4) is 0 Å². The molecule has 1 aliphatic heterocycles. The Morgan fingerprint density at radius 2 is 1.79 bits per heavy atom. The van der Waals surface area contributed by atoms with E-state index in [4.69, 9.17) is 0 Å². The van der Waals surface area contributed by atoms with Gasteiger partial charge in [-0.2, -0.15) is 0 Å². The van der Waals surface area contributed by atoms with Crippen LogP contribution >= 0.6 is 0 Å². The van der Waals surface area contributed by atoms with E-state index in [0.29, 0.717) is 0 Å². The predicted octanol–water partition coefficient (Wildman–Crippen LogP) is 3.24. The molecule has 19 heavy (non-hydrogen) atoms. The zero-order chi connectivity index (χ0) is 13.5. The first-order valence-corrected chi connectivity index (χ1v) is 7.73. The van der Waals surface area contributed by atoms with Crippen molar-refractivity contribution in [1.82, 2.24) is 9.80 Å². The Balaban J connectivity index is 1.64. The maximum Gasteiger partial charge on any atom is 0.0113 e. The predicted molar refractivity (Wildman–Crippen MR) is 83.4 cm³/mol. The average Bonchev–Trinajstić information content (AvgIpc) is 2.97. The molecule has 0 aromatic carbocycles. The molecule has 2 aliphatic rings. The van der Waals surface area contributed by atoms with Gasteiger partial charge in [0.1, 0.15) is 0 Å². The summed E-state index contributed by atoms with van der Waals surface area (Å²) in [7, 11) is 0. The SMILES string of the molecule is C=CC=CC(=C)CCN1CCN(C2CCCC2)CC1. The van der Waals surface area contributed by atoms with Gasteiger partial charge in [0.05, 0.1) is 0 Å². The first-order chi connectivity index (χ1) is 9.29. The Hall–Kier alpha value is -0.860. The van der Waals surface area contributed by atoms with Gasteiger partial charge in [-0.05, 0) is 19.3 Å². The molecular weight excluding hydrogens is 232 g/mol. The van der Waals surface area contributed by atoms with Crippen molar-refractivity contribution in [2.45, 2.75) is 38.1 Å². The number of allylic oxidation sites excluding steroid dienone is 3. The van der Waals surface area contributed by atoms with E-state index in [1.54, 1.807) is 0 Å². The second-order valence-electron chi connectivity index (χ2n) is 5.82. The summed E-state index contributed by atoms with van der Waals surface area (Å²) in [5.74, 6) is 0. The van der Waals surface area contributed by atoms with Crippen molar-refractivity contribution in [2.75, 3.05) is 32.7 Å². The van der Waals surface area contributed by atoms with Crippen LogP contribution < -0.4 is 0 Å². The third-order valence-corrected chi connectivity index (χ3v) is 4.47. The molecule has 0 aromatic heterocycles. The number of nitrogens with zero attached hydrogens (tertiary/aromatic N) is 2. The van der Waals surface area contributed by atoms with Crippen LogP contribution in [0.25, 0.3) is 0 Å². The molecule has 0 spiro atoms. The molecule has 1 aliphatic carbocycles. The molecule has 2 heteroatoms. The lowest BCUT2D eigenvalue weighted by molar-refractivity contribution is 0.0988. The Labute approximate surface area is 118 Å². The lowest BCUT2D eigenvalue weighted by Gasteiger charge is -2.38. The number of hydrogen-bond donors (Lipinski definition) is 0. The van der Waals surface area contributed by atoms with E-state index < -0.39 is 0 Å². The number of rotatable bonds is 6. The molecule has 2 fully saturated rings. The van der Waals surface area contributed by atoms with Crippen LogP contribution in [0.1, 0.15) is 32.1 Å². The molecule has 0 radical (unpaired) electrons. The fraction of sp³-hybridized carbons (Fsp3) is 0.647. The standard InChI is InChI=1S/C17H28N2/c1-3-4-7-16(2)10-11-18-12-14-19(15-13-18)17-8-5-6-9-17/h3-4,7,17H,1-2,5-6,8-15H2. The Morgan fingerprint density at radius 3 is 2.42 bits per heavy atom. The highest BCUT2D eigenvalue weighted by molar-refractivity contribution is 5.18. The van der Waals surface area contributed by atoms with E-state index in [-0.39, 0.29) is 0 Å². The maximum absolute atomic E-state index is 4.08. The Kier molecular flexibility index (Phi) is 5.87. The lowest BCUT2D eigenvalue weighted by Crippen LogP contribution is -2.49. The lowest BCUT2D eigenvalue weighted by atomic mass is 10.1. The fourth-order valence-corrected chi connectivity index (χ4v) is 3.21. The minimum absolute atomic E-state index is 0.896. The highest BCUT2D eigenvalue weighted by Gasteiger charge is 2.25. The van der Waals surface area contributed by atoms with Gasteiger partial charge in [0, 0.05) is 38.8 Å². The average molecular weight is 260 g/mol. The van der Waals surface area contributed by atoms with Crippen molar-refractivity contribution in [3.63, 3.8) is 0 Å². The molecule has 1 saturated heterocycles. The minimum atomic E-state index is 0.896. The monoisotopic (exact) mass is 260 g/mol. The van der Waals surface area contributed by atoms with Gasteiger partial charge in [-0.25, -0.2) is 0 Å². The van der Waals surface area contributed by atoms with Gasteiger partial charge < -0.3 is 4.90 Å². The van der Waals surface area contributed by atoms with E-state index in [1.807, 2.05) is 12.2 Å². The molecule has 0 atom stereocenters. The van der Waals surface area contributed by atoms with Crippen LogP contribution in [0.2, 0.25) is 0 Å². The largest absolute Gasteiger partial charge is 0.300 e. The van der Waals surface area contributed by atoms with Crippen LogP contribution in [-0.4, -0.2) is 48.6 Å². The van der Waals surface area contributed by atoms with E-state index in [9.17, 15) is 0 Å². The molecule has 1 heterocycles. The van der Waals surface area contributed by atoms with Crippen molar-refractivity contribution in [1.29, 1.82) is 0 Å². The minimum Gasteiger partial charge on any atom is -0.300 e. The summed E-state index contributed by atoms with van der Waals surface area (Å²) in [6, 6.07) is 0.896. The zero-order valence-electron chi connectivity index (χ0n) is 12.2. The molecule has 0 unspecified atom stereocenters. The zero-order valence-corrected chi connectivity index (χ0v) is 12.2. The molecule has 2 rings (SSSR count). The van der Waals surface area contributed by atoms with E-state index in [1.165, 1.54) is 57.4 Å². The van der Waals surface area contributed by atoms with E-state index in [0.717, 1.165) is 19.0 Å². The summed E-state index contributed by atoms with van der Waals surface area (Å²) >= 11 is 0. The van der Waals surface area contributed by atoms with Gasteiger partial charge in [-0.3, -0.25) is 4.90 Å². The molecular formula is C17H28N2. The van der Waals surface area contributed by atoms with E-state index in [2.05, 4.69) is 29.0 Å². The molecule has 0 bridgehead atoms. The summed E-state index contributed by atoms with van der Waals surface area (Å²) in [5.41, 5.74) is 1.21. The van der Waals surface area contributed by atoms with Crippen LogP contribution in [-0.2, 0) is 0 Å². The highest BCUT2D eigenvalue weighted by atomic mass is 15.3. The van der Waals surface area contributed by atoms with Crippen LogP contribution in [0.4, 0.5) is 0 Å². The second kappa shape index (κ2) is 7.66. The van der Waals surface area contributed by atoms with Gasteiger partial charge in [0.15, 0.2) is 0 Å². The van der Waals surface area contributed by atoms with E-state index >= 15 is 0 Å². The molecule has 0 amide bonds. The van der Waals surface area contributed by atoms with Crippen molar-refractivity contribution in [3.05, 3.63) is 37.0 Å². The van der Waals surface area contributed by atoms with Gasteiger partial charge in [-0.15, -0.1) is 0 Å². The molecule has 1 saturated carbocycles. The second-order valence-corrected chi connectivity index (χ2v) is 5.82. The first kappa shape index (κ1) is 14.5. The quantitative estimate of drug-likeness (QED) is 0.677. The third kappa shape index (κ3) is 4.63. The highest BCUT2D eigenvalue weighted by Crippen LogP contribution is 2.24. The summed E-state index contributed by atoms with van der Waals surface area (Å²) in [5, 5.41) is 0. The first-order valence-electron chi connectivity index (χ1n) is 7.73. The topological polar surface area (TPSA) is 6.48 Å². The maximum atomic E-state index is 4.08. The van der Waals surface area contributed by atoms with Crippen molar-refractivity contribution in [2.24, 2.45) is 0 Å². The van der Waals surface area contributed by atoms with Crippen molar-refractivity contribution in [3.8, 4) is 0 Å².